The number of ether oxygens (including phenoxy) is 1. The lowest BCUT2D eigenvalue weighted by atomic mass is 9.85. The van der Waals surface area contributed by atoms with Gasteiger partial charge in [-0.3, -0.25) is 4.79 Å². The van der Waals surface area contributed by atoms with E-state index in [-0.39, 0.29) is 5.56 Å². The van der Waals surface area contributed by atoms with Crippen molar-refractivity contribution in [3.05, 3.63) is 40.8 Å². The first kappa shape index (κ1) is 19.7. The van der Waals surface area contributed by atoms with Crippen LogP contribution in [0.25, 0.3) is 11.3 Å². The van der Waals surface area contributed by atoms with Crippen molar-refractivity contribution >= 4 is 5.82 Å². The Hall–Kier alpha value is -2.25. The molecule has 2 aliphatic heterocycles. The number of aromatic nitrogens is 3. The average molecular weight is 410 g/mol. The molecular weight excluding hydrogens is 378 g/mol. The third-order valence-electron chi connectivity index (χ3n) is 7.25. The lowest BCUT2D eigenvalue weighted by Gasteiger charge is -2.27. The molecule has 0 bridgehead atoms. The highest BCUT2D eigenvalue weighted by molar-refractivity contribution is 5.58. The Kier molecular flexibility index (Phi) is 5.56. The molecule has 2 aromatic heterocycles. The van der Waals surface area contributed by atoms with Gasteiger partial charge in [0.15, 0.2) is 0 Å². The third kappa shape index (κ3) is 4.01. The van der Waals surface area contributed by atoms with E-state index in [4.69, 9.17) is 4.74 Å². The van der Waals surface area contributed by atoms with E-state index in [1.54, 1.807) is 23.9 Å². The molecule has 2 saturated heterocycles. The zero-order valence-electron chi connectivity index (χ0n) is 17.6. The fraction of sp³-hybridized carbons (Fsp3) is 0.609. The lowest BCUT2D eigenvalue weighted by molar-refractivity contribution is 0.0594. The van der Waals surface area contributed by atoms with E-state index in [1.165, 1.54) is 32.1 Å². The number of rotatable bonds is 5. The molecule has 0 spiro atoms. The van der Waals surface area contributed by atoms with Crippen LogP contribution in [0.5, 0.6) is 0 Å². The topological polar surface area (TPSA) is 81.1 Å². The molecule has 1 saturated carbocycles. The van der Waals surface area contributed by atoms with Crippen molar-refractivity contribution in [1.82, 2.24) is 20.1 Å². The molecule has 3 fully saturated rings. The van der Waals surface area contributed by atoms with Crippen LogP contribution in [-0.4, -0.2) is 46.6 Å². The third-order valence-corrected chi connectivity index (χ3v) is 7.25. The van der Waals surface area contributed by atoms with Gasteiger partial charge in [0.2, 0.25) is 0 Å². The quantitative estimate of drug-likeness (QED) is 0.790. The molecule has 5 rings (SSSR count). The number of pyridine rings is 1. The Balaban J connectivity index is 1.20. The monoisotopic (exact) mass is 409 g/mol. The van der Waals surface area contributed by atoms with Crippen molar-refractivity contribution in [2.24, 2.45) is 24.8 Å². The normalized spacial score (nSPS) is 29.1. The summed E-state index contributed by atoms with van der Waals surface area (Å²) < 4.78 is 7.08. The Morgan fingerprint density at radius 2 is 2.07 bits per heavy atom. The minimum absolute atomic E-state index is 0.0563. The molecule has 7 nitrogen and oxygen atoms in total. The predicted molar refractivity (Wildman–Crippen MR) is 116 cm³/mol. The molecule has 7 heteroatoms. The van der Waals surface area contributed by atoms with Gasteiger partial charge in [-0.15, -0.1) is 10.2 Å². The lowest BCUT2D eigenvalue weighted by Crippen LogP contribution is -2.33. The van der Waals surface area contributed by atoms with Gasteiger partial charge in [-0.05, 0) is 80.7 Å². The van der Waals surface area contributed by atoms with Crippen LogP contribution >= 0.6 is 0 Å². The summed E-state index contributed by atoms with van der Waals surface area (Å²) >= 11 is 0. The van der Waals surface area contributed by atoms with Crippen molar-refractivity contribution in [3.63, 3.8) is 0 Å². The molecule has 2 N–H and O–H groups in total. The summed E-state index contributed by atoms with van der Waals surface area (Å²) in [6.07, 6.45) is 7.83. The number of anilines is 1. The first-order valence-corrected chi connectivity index (χ1v) is 11.2. The van der Waals surface area contributed by atoms with Crippen LogP contribution in [0.1, 0.15) is 32.1 Å². The highest BCUT2D eigenvalue weighted by Gasteiger charge is 2.43. The molecule has 2 aromatic rings. The first-order valence-electron chi connectivity index (χ1n) is 11.2. The van der Waals surface area contributed by atoms with Gasteiger partial charge in [0, 0.05) is 38.5 Å². The zero-order chi connectivity index (χ0) is 20.5. The molecule has 4 atom stereocenters. The summed E-state index contributed by atoms with van der Waals surface area (Å²) in [6, 6.07) is 8.57. The SMILES string of the molecule is Cn1cccc(-c2ccc(N[C@H]3C[C@@H]4CN[C@@H](CC5CCOCC5)[C@H]4C3)nn2)c1=O. The molecule has 1 aliphatic carbocycles. The molecule has 160 valence electrons. The number of fused-ring (bicyclic) bond motifs is 1. The van der Waals surface area contributed by atoms with Gasteiger partial charge in [0.25, 0.3) is 5.56 Å². The number of hydrogen-bond donors (Lipinski definition) is 2. The van der Waals surface area contributed by atoms with Gasteiger partial charge < -0.3 is 19.9 Å². The maximum atomic E-state index is 12.3. The van der Waals surface area contributed by atoms with E-state index in [0.29, 0.717) is 23.3 Å². The molecule has 3 aliphatic rings. The summed E-state index contributed by atoms with van der Waals surface area (Å²) in [4.78, 5) is 12.3. The highest BCUT2D eigenvalue weighted by Crippen LogP contribution is 2.41. The predicted octanol–water partition coefficient (Wildman–Crippen LogP) is 2.44. The second-order valence-corrected chi connectivity index (χ2v) is 9.18. The fourth-order valence-corrected chi connectivity index (χ4v) is 5.61. The molecule has 0 aromatic carbocycles. The summed E-state index contributed by atoms with van der Waals surface area (Å²) in [5.41, 5.74) is 1.14. The molecule has 0 unspecified atom stereocenters. The Bertz CT molecular complexity index is 922. The molecular formula is C23H31N5O2. The maximum Gasteiger partial charge on any atom is 0.259 e. The average Bonchev–Trinajstić information content (AvgIpc) is 3.33. The van der Waals surface area contributed by atoms with E-state index < -0.39 is 0 Å². The Morgan fingerprint density at radius 3 is 2.87 bits per heavy atom. The van der Waals surface area contributed by atoms with Crippen molar-refractivity contribution in [3.8, 4) is 11.3 Å². The van der Waals surface area contributed by atoms with E-state index in [0.717, 1.165) is 43.3 Å². The minimum atomic E-state index is -0.0563. The van der Waals surface area contributed by atoms with Crippen LogP contribution in [0.4, 0.5) is 5.82 Å². The molecule has 0 amide bonds. The van der Waals surface area contributed by atoms with Crippen LogP contribution < -0.4 is 16.2 Å². The largest absolute Gasteiger partial charge is 0.381 e. The fourth-order valence-electron chi connectivity index (χ4n) is 5.61. The smallest absolute Gasteiger partial charge is 0.259 e. The first-order chi connectivity index (χ1) is 14.7. The van der Waals surface area contributed by atoms with E-state index in [1.807, 2.05) is 18.2 Å². The molecule has 4 heterocycles. The Labute approximate surface area is 177 Å². The van der Waals surface area contributed by atoms with Gasteiger partial charge in [-0.1, -0.05) is 0 Å². The number of nitrogens with one attached hydrogen (secondary N) is 2. The summed E-state index contributed by atoms with van der Waals surface area (Å²) in [7, 11) is 1.75. The molecule has 30 heavy (non-hydrogen) atoms. The van der Waals surface area contributed by atoms with Crippen molar-refractivity contribution in [2.45, 2.75) is 44.2 Å². The standard InChI is InChI=1S/C23H31N5O2/c1-28-8-2-3-18(23(28)29)20-4-5-22(27-26-20)25-17-12-16-14-24-21(19(16)13-17)11-15-6-9-30-10-7-15/h2-5,8,15-17,19,21,24H,6-7,9-14H2,1H3,(H,25,27)/t16-,17+,19+,21+/m1/s1. The van der Waals surface area contributed by atoms with Crippen LogP contribution in [0, 0.1) is 17.8 Å². The molecule has 0 radical (unpaired) electrons. The maximum absolute atomic E-state index is 12.3. The summed E-state index contributed by atoms with van der Waals surface area (Å²) in [5.74, 6) is 3.12. The van der Waals surface area contributed by atoms with Gasteiger partial charge in [0.1, 0.15) is 5.82 Å². The van der Waals surface area contributed by atoms with Crippen molar-refractivity contribution < 1.29 is 4.74 Å². The van der Waals surface area contributed by atoms with Crippen molar-refractivity contribution in [1.29, 1.82) is 0 Å². The number of hydrogen-bond acceptors (Lipinski definition) is 6. The summed E-state index contributed by atoms with van der Waals surface area (Å²) in [5, 5.41) is 16.1. The Morgan fingerprint density at radius 1 is 1.20 bits per heavy atom. The van der Waals surface area contributed by atoms with E-state index >= 15 is 0 Å². The van der Waals surface area contributed by atoms with Crippen LogP contribution in [0.3, 0.4) is 0 Å². The van der Waals surface area contributed by atoms with Crippen LogP contribution in [0.15, 0.2) is 35.3 Å². The van der Waals surface area contributed by atoms with Crippen molar-refractivity contribution in [2.75, 3.05) is 25.1 Å². The second-order valence-electron chi connectivity index (χ2n) is 9.18. The zero-order valence-corrected chi connectivity index (χ0v) is 17.6. The minimum Gasteiger partial charge on any atom is -0.381 e. The van der Waals surface area contributed by atoms with Crippen LogP contribution in [-0.2, 0) is 11.8 Å². The number of nitrogens with zero attached hydrogens (tertiary/aromatic N) is 3. The summed E-state index contributed by atoms with van der Waals surface area (Å²) in [6.45, 7) is 3.00. The van der Waals surface area contributed by atoms with Crippen LogP contribution in [0.2, 0.25) is 0 Å². The van der Waals surface area contributed by atoms with E-state index in [9.17, 15) is 4.79 Å². The number of aryl methyl sites for hydroxylation is 1. The van der Waals surface area contributed by atoms with Gasteiger partial charge in [-0.25, -0.2) is 0 Å². The van der Waals surface area contributed by atoms with Gasteiger partial charge >= 0.3 is 0 Å². The van der Waals surface area contributed by atoms with Gasteiger partial charge in [-0.2, -0.15) is 0 Å². The van der Waals surface area contributed by atoms with Gasteiger partial charge in [0.05, 0.1) is 11.3 Å². The second kappa shape index (κ2) is 8.47. The van der Waals surface area contributed by atoms with E-state index in [2.05, 4.69) is 20.8 Å². The highest BCUT2D eigenvalue weighted by atomic mass is 16.5.